The highest BCUT2D eigenvalue weighted by Crippen LogP contribution is 2.50. The average Bonchev–Trinajstić information content (AvgIpc) is 3.24. The van der Waals surface area contributed by atoms with Crippen molar-refractivity contribution in [2.24, 2.45) is 0 Å². The molecule has 252 valence electrons. The van der Waals surface area contributed by atoms with E-state index in [0.717, 1.165) is 12.8 Å². The second kappa shape index (κ2) is 11.3. The van der Waals surface area contributed by atoms with Crippen LogP contribution in [0.5, 0.6) is 0 Å². The SMILES string of the molecule is c1ccc2c(c1)Cc1ccccc1N2c1ccc2c3ccccc3c3c4cc(N5c6ccccc6Cc6ccccc65)ccc4c4ccccc4c3c2c1. The van der Waals surface area contributed by atoms with Crippen LogP contribution in [-0.2, 0) is 12.8 Å². The fraction of sp³-hybridized carbons (Fsp3) is 0.0385. The predicted molar refractivity (Wildman–Crippen MR) is 229 cm³/mol. The Morgan fingerprint density at radius 1 is 0.259 bits per heavy atom. The molecule has 10 aromatic carbocycles. The number of para-hydroxylation sites is 4. The molecule has 0 amide bonds. The van der Waals surface area contributed by atoms with Crippen molar-refractivity contribution >= 4 is 88.0 Å². The summed E-state index contributed by atoms with van der Waals surface area (Å²) in [5.41, 5.74) is 12.8. The third-order valence-electron chi connectivity index (χ3n) is 12.0. The summed E-state index contributed by atoms with van der Waals surface area (Å²) < 4.78 is 0. The maximum absolute atomic E-state index is 2.47. The first-order valence-electron chi connectivity index (χ1n) is 18.9. The van der Waals surface area contributed by atoms with Crippen LogP contribution >= 0.6 is 0 Å². The van der Waals surface area contributed by atoms with E-state index >= 15 is 0 Å². The van der Waals surface area contributed by atoms with E-state index in [2.05, 4.69) is 192 Å². The molecule has 0 fully saturated rings. The highest BCUT2D eigenvalue weighted by molar-refractivity contribution is 6.39. The minimum Gasteiger partial charge on any atom is -0.310 e. The van der Waals surface area contributed by atoms with Crippen LogP contribution < -0.4 is 9.80 Å². The lowest BCUT2D eigenvalue weighted by molar-refractivity contribution is 1.09. The van der Waals surface area contributed by atoms with E-state index in [-0.39, 0.29) is 0 Å². The summed E-state index contributed by atoms with van der Waals surface area (Å²) in [5.74, 6) is 0. The van der Waals surface area contributed by atoms with Gasteiger partial charge in [-0.05, 0) is 125 Å². The van der Waals surface area contributed by atoms with Crippen LogP contribution in [0.3, 0.4) is 0 Å². The zero-order valence-electron chi connectivity index (χ0n) is 29.6. The fourth-order valence-electron chi connectivity index (χ4n) is 9.67. The first-order valence-corrected chi connectivity index (χ1v) is 18.9. The smallest absolute Gasteiger partial charge is 0.0497 e. The molecule has 0 saturated carbocycles. The molecule has 0 aromatic heterocycles. The molecule has 54 heavy (non-hydrogen) atoms. The lowest BCUT2D eigenvalue weighted by Crippen LogP contribution is -2.18. The van der Waals surface area contributed by atoms with Gasteiger partial charge in [-0.15, -0.1) is 0 Å². The van der Waals surface area contributed by atoms with Crippen LogP contribution in [0.1, 0.15) is 22.3 Å². The average molecular weight is 687 g/mol. The highest BCUT2D eigenvalue weighted by atomic mass is 15.2. The monoisotopic (exact) mass is 686 g/mol. The van der Waals surface area contributed by atoms with Gasteiger partial charge >= 0.3 is 0 Å². The second-order valence-electron chi connectivity index (χ2n) is 14.8. The van der Waals surface area contributed by atoms with E-state index in [4.69, 9.17) is 0 Å². The number of nitrogens with zero attached hydrogens (tertiary/aromatic N) is 2. The van der Waals surface area contributed by atoms with Gasteiger partial charge in [0.1, 0.15) is 0 Å². The summed E-state index contributed by atoms with van der Waals surface area (Å²) >= 11 is 0. The minimum absolute atomic E-state index is 0.939. The molecule has 0 saturated heterocycles. The maximum Gasteiger partial charge on any atom is 0.0497 e. The Labute approximate surface area is 313 Å². The lowest BCUT2D eigenvalue weighted by Gasteiger charge is -2.34. The van der Waals surface area contributed by atoms with Crippen molar-refractivity contribution in [3.8, 4) is 0 Å². The Balaban J connectivity index is 1.20. The van der Waals surface area contributed by atoms with Crippen molar-refractivity contribution in [1.29, 1.82) is 0 Å². The number of anilines is 6. The van der Waals surface area contributed by atoms with Gasteiger partial charge in [-0.3, -0.25) is 0 Å². The van der Waals surface area contributed by atoms with E-state index in [0.29, 0.717) is 0 Å². The van der Waals surface area contributed by atoms with Crippen molar-refractivity contribution in [3.05, 3.63) is 204 Å². The Kier molecular flexibility index (Phi) is 6.20. The summed E-state index contributed by atoms with van der Waals surface area (Å²) in [6.07, 6.45) is 1.88. The van der Waals surface area contributed by atoms with E-state index < -0.39 is 0 Å². The Morgan fingerprint density at radius 3 is 0.926 bits per heavy atom. The minimum atomic E-state index is 0.939. The third-order valence-corrected chi connectivity index (χ3v) is 12.0. The normalized spacial score (nSPS) is 13.3. The number of hydrogen-bond acceptors (Lipinski definition) is 2. The molecule has 0 radical (unpaired) electrons. The molecule has 0 atom stereocenters. The van der Waals surface area contributed by atoms with Gasteiger partial charge in [-0.1, -0.05) is 133 Å². The van der Waals surface area contributed by atoms with Crippen molar-refractivity contribution in [3.63, 3.8) is 0 Å². The quantitative estimate of drug-likeness (QED) is 0.167. The van der Waals surface area contributed by atoms with Crippen molar-refractivity contribution < 1.29 is 0 Å². The third kappa shape index (κ3) is 4.17. The Hall–Kier alpha value is -6.90. The molecule has 0 N–H and O–H groups in total. The van der Waals surface area contributed by atoms with Gasteiger partial charge in [0.05, 0.1) is 0 Å². The first kappa shape index (κ1) is 29.7. The Bertz CT molecular complexity index is 2890. The molecule has 2 aliphatic rings. The molecule has 2 aliphatic heterocycles. The molecule has 0 unspecified atom stereocenters. The van der Waals surface area contributed by atoms with Gasteiger partial charge in [0.15, 0.2) is 0 Å². The van der Waals surface area contributed by atoms with Crippen LogP contribution in [-0.4, -0.2) is 0 Å². The molecule has 2 nitrogen and oxygen atoms in total. The van der Waals surface area contributed by atoms with Crippen LogP contribution in [0.2, 0.25) is 0 Å². The molecular formula is C52H34N2. The summed E-state index contributed by atoms with van der Waals surface area (Å²) in [4.78, 5) is 4.95. The van der Waals surface area contributed by atoms with Gasteiger partial charge in [-0.2, -0.15) is 0 Å². The van der Waals surface area contributed by atoms with Crippen molar-refractivity contribution in [2.45, 2.75) is 12.8 Å². The molecule has 12 rings (SSSR count). The molecular weight excluding hydrogens is 653 g/mol. The van der Waals surface area contributed by atoms with Crippen LogP contribution in [0.4, 0.5) is 34.1 Å². The number of benzene rings is 10. The fourth-order valence-corrected chi connectivity index (χ4v) is 9.67. The van der Waals surface area contributed by atoms with Crippen LogP contribution in [0, 0.1) is 0 Å². The molecule has 0 aliphatic carbocycles. The zero-order chi connectivity index (χ0) is 35.3. The molecule has 10 aromatic rings. The summed E-state index contributed by atoms with van der Waals surface area (Å²) in [6, 6.07) is 67.9. The number of fused-ring (bicyclic) bond motifs is 15. The topological polar surface area (TPSA) is 6.48 Å². The van der Waals surface area contributed by atoms with E-state index in [1.807, 2.05) is 0 Å². The maximum atomic E-state index is 2.47. The standard InChI is InChI=1S/C52H34N2/c1-9-21-47-33(13-1)29-34-14-2-10-22-48(34)53(47)37-25-27-41-39-17-5-8-20-44(39)52-46-32-38(26-28-42(46)40-18-6-7-19-43(40)51(52)45(41)31-37)54-49-23-11-3-15-35(49)30-36-16-4-12-24-50(36)54/h1-28,31-32H,29-30H2. The number of rotatable bonds is 2. The molecule has 0 bridgehead atoms. The summed E-state index contributed by atoms with van der Waals surface area (Å²) in [5, 5.41) is 12.9. The van der Waals surface area contributed by atoms with Crippen molar-refractivity contribution in [2.75, 3.05) is 9.80 Å². The summed E-state index contributed by atoms with van der Waals surface area (Å²) in [7, 11) is 0. The first-order chi connectivity index (χ1) is 26.8. The van der Waals surface area contributed by atoms with Gasteiger partial charge < -0.3 is 9.80 Å². The van der Waals surface area contributed by atoms with Gasteiger partial charge in [0.25, 0.3) is 0 Å². The summed E-state index contributed by atoms with van der Waals surface area (Å²) in [6.45, 7) is 0. The van der Waals surface area contributed by atoms with E-state index in [9.17, 15) is 0 Å². The molecule has 0 spiro atoms. The van der Waals surface area contributed by atoms with Crippen LogP contribution in [0.15, 0.2) is 182 Å². The highest BCUT2D eigenvalue weighted by Gasteiger charge is 2.27. The lowest BCUT2D eigenvalue weighted by atomic mass is 9.86. The van der Waals surface area contributed by atoms with Crippen molar-refractivity contribution in [1.82, 2.24) is 0 Å². The largest absolute Gasteiger partial charge is 0.310 e. The zero-order valence-corrected chi connectivity index (χ0v) is 29.6. The van der Waals surface area contributed by atoms with Gasteiger partial charge in [-0.25, -0.2) is 0 Å². The molecule has 2 heterocycles. The van der Waals surface area contributed by atoms with Crippen LogP contribution in [0.25, 0.3) is 53.9 Å². The molecule has 2 heteroatoms. The van der Waals surface area contributed by atoms with Gasteiger partial charge in [0.2, 0.25) is 0 Å². The van der Waals surface area contributed by atoms with E-state index in [1.165, 1.54) is 110 Å². The van der Waals surface area contributed by atoms with Gasteiger partial charge in [0, 0.05) is 47.0 Å². The predicted octanol–water partition coefficient (Wildman–Crippen LogP) is 14.2. The van der Waals surface area contributed by atoms with E-state index in [1.54, 1.807) is 0 Å². The second-order valence-corrected chi connectivity index (χ2v) is 14.8. The Morgan fingerprint density at radius 2 is 0.556 bits per heavy atom. The number of hydrogen-bond donors (Lipinski definition) is 0.